The molecule has 12 rings (SSSR count). The third-order valence-electron chi connectivity index (χ3n) is 12.9. The molecule has 4 heteroatoms. The fourth-order valence-electron chi connectivity index (χ4n) is 10.2. The summed E-state index contributed by atoms with van der Waals surface area (Å²) >= 11 is 0. The van der Waals surface area contributed by atoms with Crippen LogP contribution in [-0.4, -0.2) is 19.1 Å². The zero-order chi connectivity index (χ0) is 37.5. The molecule has 10 aromatic rings. The second-order valence-corrected chi connectivity index (χ2v) is 16.6. The van der Waals surface area contributed by atoms with Crippen LogP contribution in [0.25, 0.3) is 88.9 Å². The Kier molecular flexibility index (Phi) is 6.15. The first-order valence-corrected chi connectivity index (χ1v) is 19.6. The normalized spacial score (nSPS) is 14.7. The summed E-state index contributed by atoms with van der Waals surface area (Å²) in [6, 6.07) is 57.3. The maximum atomic E-state index is 5.42. The minimum absolute atomic E-state index is 0.307. The number of nitrogens with zero attached hydrogens (tertiary/aromatic N) is 4. The number of fused-ring (bicyclic) bond motifs is 2. The number of hydrogen-bond donors (Lipinski definition) is 0. The fraction of sp³-hybridized carbons (Fsp3) is 0.115. The van der Waals surface area contributed by atoms with Crippen molar-refractivity contribution in [3.63, 3.8) is 0 Å². The van der Waals surface area contributed by atoms with Crippen molar-refractivity contribution in [3.05, 3.63) is 180 Å². The van der Waals surface area contributed by atoms with Crippen LogP contribution in [0.5, 0.6) is 0 Å². The van der Waals surface area contributed by atoms with Gasteiger partial charge in [-0.3, -0.25) is 9.13 Å². The maximum Gasteiger partial charge on any atom is 0.146 e. The van der Waals surface area contributed by atoms with Crippen molar-refractivity contribution in [1.82, 2.24) is 19.1 Å². The van der Waals surface area contributed by atoms with E-state index < -0.39 is 0 Å². The molecule has 0 amide bonds. The average Bonchev–Trinajstić information content (AvgIpc) is 3.81. The highest BCUT2D eigenvalue weighted by atomic mass is 15.1. The summed E-state index contributed by atoms with van der Waals surface area (Å²) in [6.45, 7) is 9.67. The maximum absolute atomic E-state index is 5.42. The molecular formula is C52H38N4. The van der Waals surface area contributed by atoms with E-state index >= 15 is 0 Å². The molecule has 2 aliphatic rings. The summed E-state index contributed by atoms with van der Waals surface area (Å²) < 4.78 is 4.70. The highest BCUT2D eigenvalue weighted by Gasteiger charge is 2.44. The molecule has 0 N–H and O–H groups in total. The summed E-state index contributed by atoms with van der Waals surface area (Å²) in [5, 5.41) is 5.17. The van der Waals surface area contributed by atoms with Gasteiger partial charge in [0.25, 0.3) is 0 Å². The fourth-order valence-corrected chi connectivity index (χ4v) is 10.2. The van der Waals surface area contributed by atoms with E-state index in [4.69, 9.17) is 9.97 Å². The predicted molar refractivity (Wildman–Crippen MR) is 231 cm³/mol. The van der Waals surface area contributed by atoms with Crippen LogP contribution < -0.4 is 0 Å². The molecule has 0 unspecified atom stereocenters. The molecular weight excluding hydrogens is 681 g/mol. The Balaban J connectivity index is 1.22. The molecule has 4 nitrogen and oxygen atoms in total. The van der Waals surface area contributed by atoms with Crippen LogP contribution in [0.15, 0.2) is 158 Å². The van der Waals surface area contributed by atoms with Crippen molar-refractivity contribution >= 4 is 43.6 Å². The molecule has 8 aromatic carbocycles. The van der Waals surface area contributed by atoms with Crippen LogP contribution in [0.3, 0.4) is 0 Å². The van der Waals surface area contributed by atoms with Crippen LogP contribution in [-0.2, 0) is 10.8 Å². The number of imidazole rings is 2. The lowest BCUT2D eigenvalue weighted by Crippen LogP contribution is -2.30. The van der Waals surface area contributed by atoms with E-state index in [1.807, 2.05) is 0 Å². The first-order valence-electron chi connectivity index (χ1n) is 19.6. The Labute approximate surface area is 325 Å². The summed E-state index contributed by atoms with van der Waals surface area (Å²) in [5.41, 5.74) is 16.2. The highest BCUT2D eigenvalue weighted by Crippen LogP contribution is 2.61. The Morgan fingerprint density at radius 2 is 0.786 bits per heavy atom. The first kappa shape index (κ1) is 31.6. The van der Waals surface area contributed by atoms with E-state index in [1.54, 1.807) is 0 Å². The predicted octanol–water partition coefficient (Wildman–Crippen LogP) is 13.0. The number of aromatic nitrogens is 4. The van der Waals surface area contributed by atoms with Gasteiger partial charge in [0.1, 0.15) is 11.6 Å². The third kappa shape index (κ3) is 3.98. The first-order chi connectivity index (χ1) is 27.3. The minimum Gasteiger partial charge on any atom is -0.292 e. The van der Waals surface area contributed by atoms with Crippen LogP contribution in [0.1, 0.15) is 49.9 Å². The van der Waals surface area contributed by atoms with E-state index in [9.17, 15) is 0 Å². The molecule has 0 aliphatic heterocycles. The number of rotatable bonds is 4. The van der Waals surface area contributed by atoms with E-state index in [2.05, 4.69) is 195 Å². The van der Waals surface area contributed by atoms with Crippen molar-refractivity contribution < 1.29 is 0 Å². The molecule has 2 heterocycles. The molecule has 0 spiro atoms. The van der Waals surface area contributed by atoms with Crippen molar-refractivity contribution in [3.8, 4) is 45.3 Å². The quantitative estimate of drug-likeness (QED) is 0.182. The lowest BCUT2D eigenvalue weighted by molar-refractivity contribution is 0.628. The standard InChI is InChI=1S/C52H38N4/c1-51(2)37-23-15-21-33-36(50-54-42-26-12-14-28-44(42)56(50)32-19-9-6-10-20-32)30-40-48(45(33)37)47-39(51)29-35(34-22-16-24-38(46(34)47)52(40,3)4)49-53-41-25-11-13-27-43(41)55(49)31-17-7-5-8-18-31/h5-30H,1-4H3. The van der Waals surface area contributed by atoms with E-state index in [0.717, 1.165) is 56.2 Å². The van der Waals surface area contributed by atoms with Crippen molar-refractivity contribution in [2.75, 3.05) is 0 Å². The van der Waals surface area contributed by atoms with Gasteiger partial charge >= 0.3 is 0 Å². The van der Waals surface area contributed by atoms with Crippen molar-refractivity contribution in [2.24, 2.45) is 0 Å². The Morgan fingerprint density at radius 1 is 0.393 bits per heavy atom. The second kappa shape index (κ2) is 10.9. The van der Waals surface area contributed by atoms with Gasteiger partial charge < -0.3 is 0 Å². The number of hydrogen-bond acceptors (Lipinski definition) is 2. The van der Waals surface area contributed by atoms with Gasteiger partial charge in [0.05, 0.1) is 22.1 Å². The average molecular weight is 719 g/mol. The molecule has 0 bridgehead atoms. The summed E-state index contributed by atoms with van der Waals surface area (Å²) in [6.07, 6.45) is 0. The lowest BCUT2D eigenvalue weighted by Gasteiger charge is -2.44. The van der Waals surface area contributed by atoms with Crippen LogP contribution in [0.2, 0.25) is 0 Å². The smallest absolute Gasteiger partial charge is 0.146 e. The number of benzene rings is 8. The van der Waals surface area contributed by atoms with Crippen molar-refractivity contribution in [1.29, 1.82) is 0 Å². The third-order valence-corrected chi connectivity index (χ3v) is 12.9. The number of para-hydroxylation sites is 6. The van der Waals surface area contributed by atoms with Gasteiger partial charge in [-0.25, -0.2) is 9.97 Å². The molecule has 266 valence electrons. The molecule has 0 radical (unpaired) electrons. The zero-order valence-corrected chi connectivity index (χ0v) is 31.8. The summed E-state index contributed by atoms with van der Waals surface area (Å²) in [4.78, 5) is 10.8. The largest absolute Gasteiger partial charge is 0.292 e. The monoisotopic (exact) mass is 718 g/mol. The van der Waals surface area contributed by atoms with E-state index in [0.29, 0.717) is 0 Å². The van der Waals surface area contributed by atoms with Crippen LogP contribution >= 0.6 is 0 Å². The SMILES string of the molecule is CC1(C)c2cc(-c3nc4ccccc4n3-c3ccccc3)c3cccc4c3c2-c2c(cc(-c3nc5ccccc5n3-c3ccccc3)c3cccc1c23)C4(C)C. The van der Waals surface area contributed by atoms with Gasteiger partial charge in [0.15, 0.2) is 0 Å². The molecule has 0 fully saturated rings. The van der Waals surface area contributed by atoms with E-state index in [-0.39, 0.29) is 10.8 Å². The van der Waals surface area contributed by atoms with Gasteiger partial charge in [0.2, 0.25) is 0 Å². The molecule has 0 saturated heterocycles. The van der Waals surface area contributed by atoms with Gasteiger partial charge in [-0.1, -0.05) is 125 Å². The van der Waals surface area contributed by atoms with Gasteiger partial charge in [-0.2, -0.15) is 0 Å². The molecule has 2 aromatic heterocycles. The van der Waals surface area contributed by atoms with Gasteiger partial charge in [0, 0.05) is 33.3 Å². The van der Waals surface area contributed by atoms with Gasteiger partial charge in [-0.15, -0.1) is 0 Å². The molecule has 0 atom stereocenters. The van der Waals surface area contributed by atoms with Crippen LogP contribution in [0, 0.1) is 0 Å². The Bertz CT molecular complexity index is 3070. The van der Waals surface area contributed by atoms with E-state index in [1.165, 1.54) is 54.9 Å². The summed E-state index contributed by atoms with van der Waals surface area (Å²) in [5.74, 6) is 1.94. The van der Waals surface area contributed by atoms with Gasteiger partial charge in [-0.05, 0) is 116 Å². The Hall–Kier alpha value is -6.78. The Morgan fingerprint density at radius 3 is 1.21 bits per heavy atom. The lowest BCUT2D eigenvalue weighted by atomic mass is 9.59. The summed E-state index contributed by atoms with van der Waals surface area (Å²) in [7, 11) is 0. The minimum atomic E-state index is -0.307. The second-order valence-electron chi connectivity index (χ2n) is 16.6. The van der Waals surface area contributed by atoms with Crippen molar-refractivity contribution in [2.45, 2.75) is 38.5 Å². The van der Waals surface area contributed by atoms with Crippen LogP contribution in [0.4, 0.5) is 0 Å². The topological polar surface area (TPSA) is 35.6 Å². The molecule has 56 heavy (non-hydrogen) atoms. The molecule has 0 saturated carbocycles. The zero-order valence-electron chi connectivity index (χ0n) is 31.8. The molecule has 2 aliphatic carbocycles. The highest BCUT2D eigenvalue weighted by molar-refractivity contribution is 6.20.